The largest absolute Gasteiger partial charge is 0.489 e. The van der Waals surface area contributed by atoms with Gasteiger partial charge in [-0.05, 0) is 70.9 Å². The maximum Gasteiger partial charge on any atom is 0.214 e. The zero-order valence-electron chi connectivity index (χ0n) is 17.9. The number of hydrogen-bond donors (Lipinski definition) is 1. The first-order chi connectivity index (χ1) is 15.8. The average molecular weight is 502 g/mol. The van der Waals surface area contributed by atoms with Crippen LogP contribution >= 0.6 is 35.8 Å². The Kier molecular flexibility index (Phi) is 10.0. The summed E-state index contributed by atoms with van der Waals surface area (Å²) in [6, 6.07) is 25.8. The van der Waals surface area contributed by atoms with Crippen LogP contribution in [0.15, 0.2) is 84.0 Å². The van der Waals surface area contributed by atoms with Gasteiger partial charge in [-0.1, -0.05) is 65.8 Å². The molecule has 4 aromatic rings. The van der Waals surface area contributed by atoms with Crippen molar-refractivity contribution in [2.75, 3.05) is 12.3 Å². The number of nitrogens with one attached hydrogen (secondary N) is 1. The summed E-state index contributed by atoms with van der Waals surface area (Å²) in [6.45, 7) is 2.28. The molecule has 33 heavy (non-hydrogen) atoms. The third-order valence-electron chi connectivity index (χ3n) is 4.74. The third-order valence-corrected chi connectivity index (χ3v) is 6.00. The number of tetrazole rings is 1. The van der Waals surface area contributed by atoms with Gasteiger partial charge in [0.2, 0.25) is 5.16 Å². The van der Waals surface area contributed by atoms with E-state index >= 15 is 0 Å². The Labute approximate surface area is 209 Å². The summed E-state index contributed by atoms with van der Waals surface area (Å²) in [7, 11) is 0. The van der Waals surface area contributed by atoms with Crippen LogP contribution in [0.25, 0.3) is 5.69 Å². The standard InChI is InChI=1S/C24H24ClN5OS.ClH/c25-21-11-7-20(8-12-21)18-31-23-13-9-19(10-14-23)17-26-15-4-16-32-24-27-28-29-30(24)22-5-2-1-3-6-22;/h1-3,5-14,26H,4,15-18H2;1H. The molecule has 4 rings (SSSR count). The zero-order valence-corrected chi connectivity index (χ0v) is 20.3. The Hall–Kier alpha value is -2.58. The minimum atomic E-state index is 0. The molecule has 0 aliphatic carbocycles. The van der Waals surface area contributed by atoms with Gasteiger partial charge in [-0.3, -0.25) is 0 Å². The number of halogens is 2. The molecule has 0 saturated carbocycles. The summed E-state index contributed by atoms with van der Waals surface area (Å²) >= 11 is 7.58. The van der Waals surface area contributed by atoms with Gasteiger partial charge in [0.15, 0.2) is 0 Å². The van der Waals surface area contributed by atoms with E-state index in [0.29, 0.717) is 6.61 Å². The van der Waals surface area contributed by atoms with Crippen molar-refractivity contribution in [2.24, 2.45) is 0 Å². The SMILES string of the molecule is Cl.Clc1ccc(COc2ccc(CNCCCSc3nnnn3-c3ccccc3)cc2)cc1. The van der Waals surface area contributed by atoms with Crippen LogP contribution in [-0.2, 0) is 13.2 Å². The molecule has 6 nitrogen and oxygen atoms in total. The van der Waals surface area contributed by atoms with E-state index in [1.807, 2.05) is 66.7 Å². The van der Waals surface area contributed by atoms with Crippen molar-refractivity contribution in [2.45, 2.75) is 24.7 Å². The van der Waals surface area contributed by atoms with E-state index in [2.05, 4.69) is 33.0 Å². The molecule has 9 heteroatoms. The second-order valence-electron chi connectivity index (χ2n) is 7.15. The number of para-hydroxylation sites is 1. The van der Waals surface area contributed by atoms with Gasteiger partial charge in [0.05, 0.1) is 5.69 Å². The molecule has 0 fully saturated rings. The first-order valence-corrected chi connectivity index (χ1v) is 11.8. The molecule has 0 atom stereocenters. The van der Waals surface area contributed by atoms with Crippen LogP contribution in [0.5, 0.6) is 5.75 Å². The number of aromatic nitrogens is 4. The fourth-order valence-corrected chi connectivity index (χ4v) is 4.00. The molecule has 0 spiro atoms. The summed E-state index contributed by atoms with van der Waals surface area (Å²) in [5.41, 5.74) is 3.29. The molecule has 0 amide bonds. The maximum atomic E-state index is 5.91. The van der Waals surface area contributed by atoms with E-state index in [-0.39, 0.29) is 12.4 Å². The van der Waals surface area contributed by atoms with E-state index in [1.165, 1.54) is 5.56 Å². The second-order valence-corrected chi connectivity index (χ2v) is 8.65. The molecule has 1 heterocycles. The second kappa shape index (κ2) is 13.2. The Morgan fingerprint density at radius 2 is 1.64 bits per heavy atom. The van der Waals surface area contributed by atoms with Gasteiger partial charge in [0.25, 0.3) is 0 Å². The number of benzene rings is 3. The Balaban J connectivity index is 0.00000306. The van der Waals surface area contributed by atoms with Crippen LogP contribution in [0.4, 0.5) is 0 Å². The highest BCUT2D eigenvalue weighted by Crippen LogP contribution is 2.19. The van der Waals surface area contributed by atoms with E-state index in [1.54, 1.807) is 16.4 Å². The van der Waals surface area contributed by atoms with Crippen LogP contribution in [-0.4, -0.2) is 32.5 Å². The Bertz CT molecular complexity index is 1090. The monoisotopic (exact) mass is 501 g/mol. The molecule has 3 aromatic carbocycles. The van der Waals surface area contributed by atoms with Crippen LogP contribution in [0.3, 0.4) is 0 Å². The van der Waals surface area contributed by atoms with Gasteiger partial charge in [-0.15, -0.1) is 17.5 Å². The quantitative estimate of drug-likeness (QED) is 0.213. The number of ether oxygens (including phenoxy) is 1. The summed E-state index contributed by atoms with van der Waals surface area (Å²) in [5.74, 6) is 1.80. The molecule has 0 radical (unpaired) electrons. The first kappa shape index (κ1) is 25.1. The molecule has 0 bridgehead atoms. The van der Waals surface area contributed by atoms with Gasteiger partial charge in [0, 0.05) is 17.3 Å². The van der Waals surface area contributed by atoms with Gasteiger partial charge in [-0.25, -0.2) is 0 Å². The third kappa shape index (κ3) is 7.75. The van der Waals surface area contributed by atoms with Crippen LogP contribution < -0.4 is 10.1 Å². The minimum Gasteiger partial charge on any atom is -0.489 e. The molecule has 0 aliphatic rings. The van der Waals surface area contributed by atoms with Crippen LogP contribution in [0.2, 0.25) is 5.02 Å². The Morgan fingerprint density at radius 3 is 2.39 bits per heavy atom. The minimum absolute atomic E-state index is 0. The van der Waals surface area contributed by atoms with Crippen LogP contribution in [0, 0.1) is 0 Å². The Morgan fingerprint density at radius 1 is 0.909 bits per heavy atom. The predicted octanol–water partition coefficient (Wildman–Crippen LogP) is 5.59. The van der Waals surface area contributed by atoms with Crippen LogP contribution in [0.1, 0.15) is 17.5 Å². The number of hydrogen-bond acceptors (Lipinski definition) is 6. The fraction of sp³-hybridized carbons (Fsp3) is 0.208. The highest BCUT2D eigenvalue weighted by Gasteiger charge is 2.08. The lowest BCUT2D eigenvalue weighted by atomic mass is 10.2. The lowest BCUT2D eigenvalue weighted by molar-refractivity contribution is 0.306. The molecule has 0 unspecified atom stereocenters. The summed E-state index contributed by atoms with van der Waals surface area (Å²) < 4.78 is 7.61. The van der Waals surface area contributed by atoms with E-state index < -0.39 is 0 Å². The smallest absolute Gasteiger partial charge is 0.214 e. The average Bonchev–Trinajstić information content (AvgIpc) is 3.31. The van der Waals surface area contributed by atoms with E-state index in [4.69, 9.17) is 16.3 Å². The van der Waals surface area contributed by atoms with Crippen molar-refractivity contribution in [1.82, 2.24) is 25.5 Å². The summed E-state index contributed by atoms with van der Waals surface area (Å²) in [4.78, 5) is 0. The topological polar surface area (TPSA) is 64.9 Å². The van der Waals surface area contributed by atoms with Crippen molar-refractivity contribution >= 4 is 35.8 Å². The molecular formula is C24H25Cl2N5OS. The van der Waals surface area contributed by atoms with E-state index in [9.17, 15) is 0 Å². The number of nitrogens with zero attached hydrogens (tertiary/aromatic N) is 4. The molecule has 172 valence electrons. The summed E-state index contributed by atoms with van der Waals surface area (Å²) in [6.07, 6.45) is 1.02. The molecule has 1 N–H and O–H groups in total. The highest BCUT2D eigenvalue weighted by atomic mass is 35.5. The van der Waals surface area contributed by atoms with Crippen molar-refractivity contribution in [3.05, 3.63) is 95.0 Å². The maximum absolute atomic E-state index is 5.91. The number of rotatable bonds is 11. The van der Waals surface area contributed by atoms with Crippen molar-refractivity contribution in [1.29, 1.82) is 0 Å². The van der Waals surface area contributed by atoms with E-state index in [0.717, 1.165) is 52.4 Å². The fourth-order valence-electron chi connectivity index (χ4n) is 3.04. The van der Waals surface area contributed by atoms with Gasteiger partial charge >= 0.3 is 0 Å². The molecule has 0 aliphatic heterocycles. The molecule has 1 aromatic heterocycles. The number of thioether (sulfide) groups is 1. The van der Waals surface area contributed by atoms with Crippen molar-refractivity contribution in [3.8, 4) is 11.4 Å². The van der Waals surface area contributed by atoms with Gasteiger partial charge in [-0.2, -0.15) is 4.68 Å². The normalized spacial score (nSPS) is 10.6. The first-order valence-electron chi connectivity index (χ1n) is 10.4. The molecule has 0 saturated heterocycles. The van der Waals surface area contributed by atoms with Gasteiger partial charge in [0.1, 0.15) is 12.4 Å². The highest BCUT2D eigenvalue weighted by molar-refractivity contribution is 7.99. The lowest BCUT2D eigenvalue weighted by Gasteiger charge is -2.08. The lowest BCUT2D eigenvalue weighted by Crippen LogP contribution is -2.15. The van der Waals surface area contributed by atoms with Crippen molar-refractivity contribution < 1.29 is 4.74 Å². The summed E-state index contributed by atoms with van der Waals surface area (Å²) in [5, 5.41) is 17.1. The molecular weight excluding hydrogens is 477 g/mol. The zero-order chi connectivity index (χ0) is 22.0. The predicted molar refractivity (Wildman–Crippen MR) is 136 cm³/mol. The van der Waals surface area contributed by atoms with Crippen molar-refractivity contribution in [3.63, 3.8) is 0 Å². The van der Waals surface area contributed by atoms with Gasteiger partial charge < -0.3 is 10.1 Å².